The first-order chi connectivity index (χ1) is 11.6. The molecule has 1 amide bonds. The maximum absolute atomic E-state index is 12.1. The SMILES string of the molecule is CCO[C@@H](CC)C(=O)NCc1ccc(CN2CCC(C)CC2)cc1. The van der Waals surface area contributed by atoms with Gasteiger partial charge in [0.05, 0.1) is 0 Å². The van der Waals surface area contributed by atoms with Gasteiger partial charge < -0.3 is 10.1 Å². The number of hydrogen-bond acceptors (Lipinski definition) is 3. The standard InChI is InChI=1S/C20H32N2O2/c1-4-19(24-5-2)20(23)21-14-17-6-8-18(9-7-17)15-22-12-10-16(3)11-13-22/h6-9,16,19H,4-5,10-15H2,1-3H3,(H,21,23)/t19-/m0/s1. The number of carbonyl (C=O) groups is 1. The van der Waals surface area contributed by atoms with Gasteiger partial charge in [0.15, 0.2) is 0 Å². The largest absolute Gasteiger partial charge is 0.369 e. The van der Waals surface area contributed by atoms with Gasteiger partial charge >= 0.3 is 0 Å². The Morgan fingerprint density at radius 1 is 1.21 bits per heavy atom. The topological polar surface area (TPSA) is 41.6 Å². The van der Waals surface area contributed by atoms with E-state index in [4.69, 9.17) is 4.74 Å². The van der Waals surface area contributed by atoms with E-state index >= 15 is 0 Å². The summed E-state index contributed by atoms with van der Waals surface area (Å²) >= 11 is 0. The van der Waals surface area contributed by atoms with Gasteiger partial charge in [-0.2, -0.15) is 0 Å². The van der Waals surface area contributed by atoms with Crippen LogP contribution in [0.2, 0.25) is 0 Å². The van der Waals surface area contributed by atoms with Crippen molar-refractivity contribution >= 4 is 5.91 Å². The van der Waals surface area contributed by atoms with E-state index < -0.39 is 0 Å². The minimum atomic E-state index is -0.337. The molecule has 1 saturated heterocycles. The molecule has 1 aliphatic heterocycles. The van der Waals surface area contributed by atoms with Crippen molar-refractivity contribution in [3.8, 4) is 0 Å². The second kappa shape index (κ2) is 9.80. The molecule has 2 rings (SSSR count). The van der Waals surface area contributed by atoms with E-state index in [1.54, 1.807) is 0 Å². The highest BCUT2D eigenvalue weighted by Crippen LogP contribution is 2.18. The molecule has 1 fully saturated rings. The first-order valence-electron chi connectivity index (χ1n) is 9.31. The van der Waals surface area contributed by atoms with Crippen molar-refractivity contribution in [1.82, 2.24) is 10.2 Å². The van der Waals surface area contributed by atoms with Crippen molar-refractivity contribution in [3.05, 3.63) is 35.4 Å². The molecule has 0 unspecified atom stereocenters. The third-order valence-corrected chi connectivity index (χ3v) is 4.80. The Bertz CT molecular complexity index is 493. The number of hydrogen-bond donors (Lipinski definition) is 1. The lowest BCUT2D eigenvalue weighted by molar-refractivity contribution is -0.132. The Balaban J connectivity index is 1.78. The molecule has 0 saturated carbocycles. The number of carbonyl (C=O) groups excluding carboxylic acids is 1. The summed E-state index contributed by atoms with van der Waals surface area (Å²) in [6.07, 6.45) is 2.98. The fraction of sp³-hybridized carbons (Fsp3) is 0.650. The summed E-state index contributed by atoms with van der Waals surface area (Å²) in [5.41, 5.74) is 2.48. The molecule has 4 nitrogen and oxygen atoms in total. The zero-order chi connectivity index (χ0) is 17.4. The number of likely N-dealkylation sites (tertiary alicyclic amines) is 1. The first kappa shape index (κ1) is 18.9. The van der Waals surface area contributed by atoms with E-state index in [1.807, 2.05) is 13.8 Å². The van der Waals surface area contributed by atoms with Crippen molar-refractivity contribution < 1.29 is 9.53 Å². The number of nitrogens with zero attached hydrogens (tertiary/aromatic N) is 1. The number of amides is 1. The van der Waals surface area contributed by atoms with E-state index in [9.17, 15) is 4.79 Å². The van der Waals surface area contributed by atoms with E-state index in [2.05, 4.69) is 41.4 Å². The van der Waals surface area contributed by atoms with E-state index in [1.165, 1.54) is 31.5 Å². The summed E-state index contributed by atoms with van der Waals surface area (Å²) < 4.78 is 5.43. The molecule has 1 aromatic rings. The van der Waals surface area contributed by atoms with E-state index in [-0.39, 0.29) is 12.0 Å². The third kappa shape index (κ3) is 5.91. The van der Waals surface area contributed by atoms with Crippen LogP contribution in [0, 0.1) is 5.92 Å². The smallest absolute Gasteiger partial charge is 0.249 e. The normalized spacial score (nSPS) is 17.6. The minimum Gasteiger partial charge on any atom is -0.369 e. The van der Waals surface area contributed by atoms with Gasteiger partial charge in [-0.1, -0.05) is 38.1 Å². The molecule has 1 atom stereocenters. The lowest BCUT2D eigenvalue weighted by Crippen LogP contribution is -2.35. The average molecular weight is 332 g/mol. The highest BCUT2D eigenvalue weighted by molar-refractivity contribution is 5.80. The van der Waals surface area contributed by atoms with Crippen LogP contribution in [0.3, 0.4) is 0 Å². The Labute approximate surface area is 146 Å². The molecule has 0 aromatic heterocycles. The second-order valence-corrected chi connectivity index (χ2v) is 6.85. The fourth-order valence-corrected chi connectivity index (χ4v) is 3.12. The van der Waals surface area contributed by atoms with Gasteiger partial charge in [0.25, 0.3) is 0 Å². The maximum atomic E-state index is 12.1. The van der Waals surface area contributed by atoms with Crippen molar-refractivity contribution in [3.63, 3.8) is 0 Å². The molecule has 4 heteroatoms. The van der Waals surface area contributed by atoms with Gasteiger partial charge in [-0.05, 0) is 56.3 Å². The van der Waals surface area contributed by atoms with Crippen LogP contribution in [0.15, 0.2) is 24.3 Å². The Hall–Kier alpha value is -1.39. The molecular weight excluding hydrogens is 300 g/mol. The summed E-state index contributed by atoms with van der Waals surface area (Å²) in [6.45, 7) is 10.8. The third-order valence-electron chi connectivity index (χ3n) is 4.80. The summed E-state index contributed by atoms with van der Waals surface area (Å²) in [5.74, 6) is 0.849. The van der Waals surface area contributed by atoms with Gasteiger partial charge in [-0.15, -0.1) is 0 Å². The number of ether oxygens (including phenoxy) is 1. The quantitative estimate of drug-likeness (QED) is 0.794. The number of benzene rings is 1. The molecule has 0 aliphatic carbocycles. The number of nitrogens with one attached hydrogen (secondary N) is 1. The molecule has 1 N–H and O–H groups in total. The van der Waals surface area contributed by atoms with Gasteiger partial charge in [0, 0.05) is 19.7 Å². The van der Waals surface area contributed by atoms with E-state index in [0.29, 0.717) is 19.6 Å². The van der Waals surface area contributed by atoms with E-state index in [0.717, 1.165) is 18.0 Å². The van der Waals surface area contributed by atoms with Crippen LogP contribution in [-0.4, -0.2) is 36.6 Å². The van der Waals surface area contributed by atoms with Gasteiger partial charge in [-0.3, -0.25) is 9.69 Å². The fourth-order valence-electron chi connectivity index (χ4n) is 3.12. The van der Waals surface area contributed by atoms with Crippen LogP contribution in [0.5, 0.6) is 0 Å². The van der Waals surface area contributed by atoms with Crippen LogP contribution in [-0.2, 0) is 22.6 Å². The Kier molecular flexibility index (Phi) is 7.73. The summed E-state index contributed by atoms with van der Waals surface area (Å²) in [5, 5.41) is 2.97. The molecule has 134 valence electrons. The molecule has 0 radical (unpaired) electrons. The van der Waals surface area contributed by atoms with Crippen molar-refractivity contribution in [2.24, 2.45) is 5.92 Å². The maximum Gasteiger partial charge on any atom is 0.249 e. The summed E-state index contributed by atoms with van der Waals surface area (Å²) in [4.78, 5) is 14.6. The zero-order valence-electron chi connectivity index (χ0n) is 15.4. The number of rotatable bonds is 8. The Morgan fingerprint density at radius 2 is 1.83 bits per heavy atom. The second-order valence-electron chi connectivity index (χ2n) is 6.85. The molecule has 0 spiro atoms. The molecule has 1 aromatic carbocycles. The summed E-state index contributed by atoms with van der Waals surface area (Å²) in [6, 6.07) is 8.59. The zero-order valence-corrected chi connectivity index (χ0v) is 15.4. The monoisotopic (exact) mass is 332 g/mol. The number of piperidine rings is 1. The van der Waals surface area contributed by atoms with Gasteiger partial charge in [0.2, 0.25) is 5.91 Å². The van der Waals surface area contributed by atoms with Crippen LogP contribution in [0.4, 0.5) is 0 Å². The predicted molar refractivity (Wildman–Crippen MR) is 97.7 cm³/mol. The van der Waals surface area contributed by atoms with Crippen molar-refractivity contribution in [2.45, 2.75) is 59.2 Å². The van der Waals surface area contributed by atoms with Crippen molar-refractivity contribution in [1.29, 1.82) is 0 Å². The lowest BCUT2D eigenvalue weighted by Gasteiger charge is -2.30. The van der Waals surface area contributed by atoms with Gasteiger partial charge in [-0.25, -0.2) is 0 Å². The molecule has 1 heterocycles. The molecule has 1 aliphatic rings. The Morgan fingerprint density at radius 3 is 2.42 bits per heavy atom. The summed E-state index contributed by atoms with van der Waals surface area (Å²) in [7, 11) is 0. The lowest BCUT2D eigenvalue weighted by atomic mass is 9.99. The molecule has 0 bridgehead atoms. The van der Waals surface area contributed by atoms with Crippen LogP contribution in [0.25, 0.3) is 0 Å². The van der Waals surface area contributed by atoms with Gasteiger partial charge in [0.1, 0.15) is 6.10 Å². The highest BCUT2D eigenvalue weighted by atomic mass is 16.5. The van der Waals surface area contributed by atoms with Crippen LogP contribution >= 0.6 is 0 Å². The van der Waals surface area contributed by atoms with Crippen molar-refractivity contribution in [2.75, 3.05) is 19.7 Å². The predicted octanol–water partition coefficient (Wildman–Crippen LogP) is 3.35. The van der Waals surface area contributed by atoms with Crippen LogP contribution < -0.4 is 5.32 Å². The van der Waals surface area contributed by atoms with Crippen LogP contribution in [0.1, 0.15) is 51.2 Å². The minimum absolute atomic E-state index is 0.0223. The molecular formula is C20H32N2O2. The first-order valence-corrected chi connectivity index (χ1v) is 9.31. The molecule has 24 heavy (non-hydrogen) atoms. The highest BCUT2D eigenvalue weighted by Gasteiger charge is 2.16. The average Bonchev–Trinajstić information content (AvgIpc) is 2.60.